The third-order valence-electron chi connectivity index (χ3n) is 4.56. The summed E-state index contributed by atoms with van der Waals surface area (Å²) >= 11 is 0. The zero-order valence-corrected chi connectivity index (χ0v) is 16.8. The largest absolute Gasteiger partial charge is 0.394 e. The van der Waals surface area contributed by atoms with Crippen LogP contribution in [0.15, 0.2) is 54.7 Å². The highest BCUT2D eigenvalue weighted by Gasteiger charge is 2.15. The van der Waals surface area contributed by atoms with E-state index in [-0.39, 0.29) is 24.3 Å². The molecule has 0 fully saturated rings. The van der Waals surface area contributed by atoms with Crippen molar-refractivity contribution in [1.29, 1.82) is 0 Å². The van der Waals surface area contributed by atoms with Crippen LogP contribution in [-0.2, 0) is 6.54 Å². The van der Waals surface area contributed by atoms with Gasteiger partial charge in [-0.25, -0.2) is 4.98 Å². The van der Waals surface area contributed by atoms with Gasteiger partial charge in [-0.3, -0.25) is 15.1 Å². The van der Waals surface area contributed by atoms with E-state index < -0.39 is 4.92 Å². The molecular weight excluding hydrogens is 384 g/mol. The number of aromatic nitrogens is 3. The number of non-ortho nitro benzene ring substituents is 1. The Balaban J connectivity index is 1.87. The van der Waals surface area contributed by atoms with Crippen LogP contribution in [0.1, 0.15) is 19.4 Å². The zero-order valence-electron chi connectivity index (χ0n) is 16.8. The van der Waals surface area contributed by atoms with Gasteiger partial charge in [0.05, 0.1) is 29.0 Å². The lowest BCUT2D eigenvalue weighted by atomic mass is 10.1. The summed E-state index contributed by atoms with van der Waals surface area (Å²) in [5, 5.41) is 27.0. The number of pyridine rings is 1. The topological polar surface area (TPSA) is 126 Å². The van der Waals surface area contributed by atoms with E-state index in [9.17, 15) is 15.2 Å². The second-order valence-corrected chi connectivity index (χ2v) is 7.13. The monoisotopic (exact) mass is 408 g/mol. The van der Waals surface area contributed by atoms with E-state index in [0.717, 1.165) is 5.56 Å². The Labute approximate surface area is 174 Å². The third-order valence-corrected chi connectivity index (χ3v) is 4.56. The van der Waals surface area contributed by atoms with E-state index in [1.807, 2.05) is 32.0 Å². The van der Waals surface area contributed by atoms with Gasteiger partial charge in [0.2, 0.25) is 5.95 Å². The Kier molecular flexibility index (Phi) is 6.87. The molecule has 0 spiro atoms. The summed E-state index contributed by atoms with van der Waals surface area (Å²) in [7, 11) is 0. The van der Waals surface area contributed by atoms with Crippen molar-refractivity contribution in [3.8, 4) is 11.4 Å². The first-order chi connectivity index (χ1) is 14.5. The fraction of sp³-hybridized carbons (Fsp3) is 0.286. The molecule has 3 aromatic rings. The molecule has 0 aliphatic rings. The first kappa shape index (κ1) is 21.1. The lowest BCUT2D eigenvalue weighted by Crippen LogP contribution is -2.30. The highest BCUT2D eigenvalue weighted by molar-refractivity contribution is 5.61. The molecular formula is C21H24N6O3. The molecule has 2 heterocycles. The van der Waals surface area contributed by atoms with Gasteiger partial charge >= 0.3 is 0 Å². The second kappa shape index (κ2) is 9.75. The fourth-order valence-electron chi connectivity index (χ4n) is 2.81. The number of nitro groups is 1. The van der Waals surface area contributed by atoms with Gasteiger partial charge in [-0.05, 0) is 23.6 Å². The molecule has 30 heavy (non-hydrogen) atoms. The third kappa shape index (κ3) is 5.48. The molecule has 0 saturated heterocycles. The van der Waals surface area contributed by atoms with E-state index in [1.165, 1.54) is 12.1 Å². The number of hydrogen-bond donors (Lipinski definition) is 3. The van der Waals surface area contributed by atoms with E-state index in [4.69, 9.17) is 0 Å². The molecule has 0 radical (unpaired) electrons. The van der Waals surface area contributed by atoms with E-state index >= 15 is 0 Å². The van der Waals surface area contributed by atoms with Crippen molar-refractivity contribution < 1.29 is 10.0 Å². The van der Waals surface area contributed by atoms with Crippen molar-refractivity contribution in [3.05, 3.63) is 70.4 Å². The van der Waals surface area contributed by atoms with E-state index in [0.29, 0.717) is 29.7 Å². The summed E-state index contributed by atoms with van der Waals surface area (Å²) in [6, 6.07) is 13.6. The maximum Gasteiger partial charge on any atom is 0.269 e. The van der Waals surface area contributed by atoms with Gasteiger partial charge in [-0.2, -0.15) is 4.98 Å². The number of aliphatic hydroxyl groups is 1. The minimum absolute atomic E-state index is 0.0382. The number of nitro benzene ring substituents is 1. The molecule has 1 aromatic carbocycles. The zero-order chi connectivity index (χ0) is 21.5. The van der Waals surface area contributed by atoms with Crippen molar-refractivity contribution in [2.75, 3.05) is 17.2 Å². The molecule has 0 saturated carbocycles. The lowest BCUT2D eigenvalue weighted by molar-refractivity contribution is -0.384. The Bertz CT molecular complexity index is 997. The van der Waals surface area contributed by atoms with Gasteiger partial charge in [-0.15, -0.1) is 0 Å². The normalized spacial score (nSPS) is 11.9. The Morgan fingerprint density at radius 1 is 1.10 bits per heavy atom. The second-order valence-electron chi connectivity index (χ2n) is 7.13. The summed E-state index contributed by atoms with van der Waals surface area (Å²) in [6.45, 7) is 4.30. The Morgan fingerprint density at radius 2 is 1.93 bits per heavy atom. The highest BCUT2D eigenvalue weighted by atomic mass is 16.6. The van der Waals surface area contributed by atoms with E-state index in [1.54, 1.807) is 24.4 Å². The van der Waals surface area contributed by atoms with Crippen molar-refractivity contribution >= 4 is 17.5 Å². The van der Waals surface area contributed by atoms with Crippen LogP contribution in [0.3, 0.4) is 0 Å². The average Bonchev–Trinajstić information content (AvgIpc) is 2.76. The van der Waals surface area contributed by atoms with Crippen LogP contribution in [-0.4, -0.2) is 37.6 Å². The summed E-state index contributed by atoms with van der Waals surface area (Å²) in [5.74, 6) is 1.09. The minimum Gasteiger partial charge on any atom is -0.394 e. The minimum atomic E-state index is -0.420. The van der Waals surface area contributed by atoms with E-state index in [2.05, 4.69) is 25.6 Å². The quantitative estimate of drug-likeness (QED) is 0.363. The van der Waals surface area contributed by atoms with Crippen molar-refractivity contribution in [2.45, 2.75) is 26.4 Å². The van der Waals surface area contributed by atoms with Crippen LogP contribution in [0.5, 0.6) is 0 Å². The SMILES string of the molecule is CC(C)[C@@H](CO)Nc1nc(NCc2cccc([N+](=O)[O-])c2)cc(-c2ccccn2)n1. The van der Waals surface area contributed by atoms with Crippen molar-refractivity contribution in [3.63, 3.8) is 0 Å². The predicted molar refractivity (Wildman–Crippen MR) is 115 cm³/mol. The first-order valence-corrected chi connectivity index (χ1v) is 9.61. The smallest absolute Gasteiger partial charge is 0.269 e. The van der Waals surface area contributed by atoms with Crippen molar-refractivity contribution in [1.82, 2.24) is 15.0 Å². The van der Waals surface area contributed by atoms with Gasteiger partial charge in [0.1, 0.15) is 5.82 Å². The van der Waals surface area contributed by atoms with Gasteiger partial charge in [-0.1, -0.05) is 32.0 Å². The molecule has 2 aromatic heterocycles. The predicted octanol–water partition coefficient (Wildman–Crippen LogP) is 3.49. The standard InChI is InChI=1S/C21H24N6O3/c1-14(2)19(13-28)25-21-24-18(17-8-3-4-9-22-17)11-20(26-21)23-12-15-6-5-7-16(10-15)27(29)30/h3-11,14,19,28H,12-13H2,1-2H3,(H2,23,24,25,26)/t19-/m1/s1. The molecule has 9 heteroatoms. The molecule has 0 unspecified atom stereocenters. The molecule has 0 amide bonds. The number of rotatable bonds is 9. The fourth-order valence-corrected chi connectivity index (χ4v) is 2.81. The number of anilines is 2. The van der Waals surface area contributed by atoms with Crippen LogP contribution in [0, 0.1) is 16.0 Å². The van der Waals surface area contributed by atoms with Crippen LogP contribution in [0.2, 0.25) is 0 Å². The molecule has 0 aliphatic heterocycles. The van der Waals surface area contributed by atoms with Gasteiger partial charge in [0.15, 0.2) is 0 Å². The van der Waals surface area contributed by atoms with Gasteiger partial charge in [0, 0.05) is 30.9 Å². The number of nitrogens with one attached hydrogen (secondary N) is 2. The molecule has 1 atom stereocenters. The molecule has 9 nitrogen and oxygen atoms in total. The van der Waals surface area contributed by atoms with Crippen LogP contribution >= 0.6 is 0 Å². The molecule has 0 aliphatic carbocycles. The number of hydrogen-bond acceptors (Lipinski definition) is 8. The number of nitrogens with zero attached hydrogens (tertiary/aromatic N) is 4. The molecule has 3 N–H and O–H groups in total. The first-order valence-electron chi connectivity index (χ1n) is 9.61. The van der Waals surface area contributed by atoms with Crippen LogP contribution in [0.4, 0.5) is 17.5 Å². The maximum absolute atomic E-state index is 11.0. The number of aliphatic hydroxyl groups excluding tert-OH is 1. The summed E-state index contributed by atoms with van der Waals surface area (Å²) in [6.07, 6.45) is 1.69. The maximum atomic E-state index is 11.0. The van der Waals surface area contributed by atoms with Gasteiger partial charge < -0.3 is 15.7 Å². The summed E-state index contributed by atoms with van der Waals surface area (Å²) < 4.78 is 0. The van der Waals surface area contributed by atoms with Crippen molar-refractivity contribution in [2.24, 2.45) is 5.92 Å². The van der Waals surface area contributed by atoms with Gasteiger partial charge in [0.25, 0.3) is 5.69 Å². The summed E-state index contributed by atoms with van der Waals surface area (Å²) in [5.41, 5.74) is 2.10. The summed E-state index contributed by atoms with van der Waals surface area (Å²) in [4.78, 5) is 23.9. The van der Waals surface area contributed by atoms with Crippen LogP contribution in [0.25, 0.3) is 11.4 Å². The Hall–Kier alpha value is -3.59. The average molecular weight is 408 g/mol. The highest BCUT2D eigenvalue weighted by Crippen LogP contribution is 2.21. The number of benzene rings is 1. The Morgan fingerprint density at radius 3 is 2.60 bits per heavy atom. The molecule has 0 bridgehead atoms. The molecule has 3 rings (SSSR count). The lowest BCUT2D eigenvalue weighted by Gasteiger charge is -2.20. The molecule has 156 valence electrons. The van der Waals surface area contributed by atoms with Crippen LogP contribution < -0.4 is 10.6 Å².